The zero-order valence-corrected chi connectivity index (χ0v) is 12.1. The van der Waals surface area contributed by atoms with E-state index >= 15 is 0 Å². The number of anilines is 2. The second kappa shape index (κ2) is 6.64. The van der Waals surface area contributed by atoms with Crippen LogP contribution in [0.5, 0.6) is 5.88 Å². The van der Waals surface area contributed by atoms with Crippen molar-refractivity contribution in [3.05, 3.63) is 12.1 Å². The topological polar surface area (TPSA) is 51.4 Å². The molecule has 1 unspecified atom stereocenters. The normalized spacial score (nSPS) is 18.8. The van der Waals surface area contributed by atoms with Gasteiger partial charge in [0.25, 0.3) is 0 Å². The molecule has 1 fully saturated rings. The molecule has 4 heteroatoms. The molecule has 1 saturated heterocycles. The van der Waals surface area contributed by atoms with Gasteiger partial charge < -0.3 is 15.4 Å². The third-order valence-electron chi connectivity index (χ3n) is 3.62. The summed E-state index contributed by atoms with van der Waals surface area (Å²) in [5, 5.41) is 0. The zero-order valence-electron chi connectivity index (χ0n) is 12.1. The number of aromatic nitrogens is 1. The lowest BCUT2D eigenvalue weighted by Crippen LogP contribution is -2.21. The smallest absolute Gasteiger partial charge is 0.239 e. The van der Waals surface area contributed by atoms with Crippen molar-refractivity contribution in [2.75, 3.05) is 30.3 Å². The summed E-state index contributed by atoms with van der Waals surface area (Å²) in [6.07, 6.45) is 4.81. The van der Waals surface area contributed by atoms with Crippen LogP contribution in [0.2, 0.25) is 0 Å². The van der Waals surface area contributed by atoms with Crippen molar-refractivity contribution < 1.29 is 4.74 Å². The van der Waals surface area contributed by atoms with Crippen molar-refractivity contribution in [2.45, 2.75) is 39.5 Å². The van der Waals surface area contributed by atoms with E-state index in [4.69, 9.17) is 10.5 Å². The van der Waals surface area contributed by atoms with Crippen LogP contribution < -0.4 is 15.4 Å². The highest BCUT2D eigenvalue weighted by atomic mass is 16.5. The summed E-state index contributed by atoms with van der Waals surface area (Å²) in [7, 11) is 0. The minimum Gasteiger partial charge on any atom is -0.476 e. The van der Waals surface area contributed by atoms with E-state index in [0.29, 0.717) is 18.2 Å². The van der Waals surface area contributed by atoms with Gasteiger partial charge in [-0.05, 0) is 37.3 Å². The van der Waals surface area contributed by atoms with E-state index < -0.39 is 0 Å². The summed E-state index contributed by atoms with van der Waals surface area (Å²) in [5.74, 6) is 2.39. The molecule has 1 aromatic heterocycles. The minimum absolute atomic E-state index is 0.582. The highest BCUT2D eigenvalue weighted by Gasteiger charge is 2.23. The van der Waals surface area contributed by atoms with Crippen molar-refractivity contribution in [3.8, 4) is 5.88 Å². The van der Waals surface area contributed by atoms with Crippen molar-refractivity contribution in [1.29, 1.82) is 0 Å². The summed E-state index contributed by atoms with van der Waals surface area (Å²) >= 11 is 0. The fourth-order valence-electron chi connectivity index (χ4n) is 2.62. The molecule has 0 aromatic carbocycles. The van der Waals surface area contributed by atoms with Crippen LogP contribution in [0.15, 0.2) is 12.1 Å². The van der Waals surface area contributed by atoms with Crippen LogP contribution >= 0.6 is 0 Å². The van der Waals surface area contributed by atoms with Crippen LogP contribution in [0, 0.1) is 5.92 Å². The van der Waals surface area contributed by atoms with Crippen LogP contribution in [0.4, 0.5) is 11.5 Å². The molecule has 0 radical (unpaired) electrons. The number of nitrogens with two attached hydrogens (primary N) is 1. The molecular weight excluding hydrogens is 238 g/mol. The van der Waals surface area contributed by atoms with Gasteiger partial charge in [-0.25, -0.2) is 0 Å². The third-order valence-corrected chi connectivity index (χ3v) is 3.62. The maximum absolute atomic E-state index is 5.90. The van der Waals surface area contributed by atoms with Gasteiger partial charge >= 0.3 is 0 Å². The van der Waals surface area contributed by atoms with Gasteiger partial charge in [0.15, 0.2) is 0 Å². The van der Waals surface area contributed by atoms with Crippen molar-refractivity contribution in [2.24, 2.45) is 5.92 Å². The molecule has 0 saturated carbocycles. The van der Waals surface area contributed by atoms with Crippen LogP contribution in [0.3, 0.4) is 0 Å². The lowest BCUT2D eigenvalue weighted by molar-refractivity contribution is 0.307. The molecule has 0 amide bonds. The first-order valence-corrected chi connectivity index (χ1v) is 7.38. The SMILES string of the molecule is CCCOc1nc(N2CCC(CCC)C2)ccc1N. The van der Waals surface area contributed by atoms with E-state index in [1.807, 2.05) is 12.1 Å². The van der Waals surface area contributed by atoms with Crippen LogP contribution in [0.1, 0.15) is 39.5 Å². The van der Waals surface area contributed by atoms with Crippen molar-refractivity contribution >= 4 is 11.5 Å². The molecule has 1 aliphatic heterocycles. The predicted octanol–water partition coefficient (Wildman–Crippen LogP) is 3.08. The second-order valence-corrected chi connectivity index (χ2v) is 5.30. The molecule has 1 aliphatic rings. The minimum atomic E-state index is 0.582. The van der Waals surface area contributed by atoms with Crippen LogP contribution in [-0.4, -0.2) is 24.7 Å². The van der Waals surface area contributed by atoms with Crippen molar-refractivity contribution in [1.82, 2.24) is 4.98 Å². The average Bonchev–Trinajstić information content (AvgIpc) is 2.87. The quantitative estimate of drug-likeness (QED) is 0.857. The fraction of sp³-hybridized carbons (Fsp3) is 0.667. The Morgan fingerprint density at radius 1 is 1.37 bits per heavy atom. The first-order chi connectivity index (χ1) is 9.24. The predicted molar refractivity (Wildman–Crippen MR) is 79.7 cm³/mol. The molecule has 4 nitrogen and oxygen atoms in total. The highest BCUT2D eigenvalue weighted by molar-refractivity contribution is 5.54. The number of ether oxygens (including phenoxy) is 1. The highest BCUT2D eigenvalue weighted by Crippen LogP contribution is 2.28. The molecule has 0 aliphatic carbocycles. The Bertz CT molecular complexity index is 408. The summed E-state index contributed by atoms with van der Waals surface area (Å²) in [5.41, 5.74) is 6.52. The molecule has 0 spiro atoms. The standard InChI is InChI=1S/C15H25N3O/c1-3-5-12-8-9-18(11-12)14-7-6-13(16)15(17-14)19-10-4-2/h6-7,12H,3-5,8-11,16H2,1-2H3. The number of nitrogens with zero attached hydrogens (tertiary/aromatic N) is 2. The van der Waals surface area contributed by atoms with E-state index in [0.717, 1.165) is 31.2 Å². The molecule has 19 heavy (non-hydrogen) atoms. The van der Waals surface area contributed by atoms with Crippen LogP contribution in [0.25, 0.3) is 0 Å². The molecule has 2 N–H and O–H groups in total. The van der Waals surface area contributed by atoms with E-state index in [1.165, 1.54) is 19.3 Å². The number of hydrogen-bond acceptors (Lipinski definition) is 4. The Hall–Kier alpha value is -1.45. The van der Waals surface area contributed by atoms with Gasteiger partial charge in [-0.2, -0.15) is 4.98 Å². The van der Waals surface area contributed by atoms with Gasteiger partial charge in [0, 0.05) is 13.1 Å². The molecule has 1 atom stereocenters. The molecule has 2 heterocycles. The number of pyridine rings is 1. The maximum Gasteiger partial charge on any atom is 0.239 e. The van der Waals surface area contributed by atoms with E-state index in [1.54, 1.807) is 0 Å². The van der Waals surface area contributed by atoms with Gasteiger partial charge in [0.2, 0.25) is 5.88 Å². The van der Waals surface area contributed by atoms with Gasteiger partial charge in [-0.15, -0.1) is 0 Å². The lowest BCUT2D eigenvalue weighted by Gasteiger charge is -2.19. The summed E-state index contributed by atoms with van der Waals surface area (Å²) in [4.78, 5) is 6.91. The number of hydrogen-bond donors (Lipinski definition) is 1. The Morgan fingerprint density at radius 3 is 2.95 bits per heavy atom. The first kappa shape index (κ1) is 14.0. The molecular formula is C15H25N3O. The van der Waals surface area contributed by atoms with E-state index in [-0.39, 0.29) is 0 Å². The van der Waals surface area contributed by atoms with Gasteiger partial charge in [-0.3, -0.25) is 0 Å². The van der Waals surface area contributed by atoms with Gasteiger partial charge in [0.05, 0.1) is 12.3 Å². The number of rotatable bonds is 6. The summed E-state index contributed by atoms with van der Waals surface area (Å²) in [6, 6.07) is 3.91. The molecule has 2 rings (SSSR count). The zero-order chi connectivity index (χ0) is 13.7. The van der Waals surface area contributed by atoms with Gasteiger partial charge in [0.1, 0.15) is 5.82 Å². The van der Waals surface area contributed by atoms with E-state index in [2.05, 4.69) is 23.7 Å². The largest absolute Gasteiger partial charge is 0.476 e. The number of nitrogen functional groups attached to an aromatic ring is 1. The Morgan fingerprint density at radius 2 is 2.21 bits per heavy atom. The third kappa shape index (κ3) is 3.52. The average molecular weight is 263 g/mol. The molecule has 0 bridgehead atoms. The molecule has 106 valence electrons. The summed E-state index contributed by atoms with van der Waals surface area (Å²) < 4.78 is 5.60. The summed E-state index contributed by atoms with van der Waals surface area (Å²) in [6.45, 7) is 7.20. The fourth-order valence-corrected chi connectivity index (χ4v) is 2.62. The lowest BCUT2D eigenvalue weighted by atomic mass is 10.0. The monoisotopic (exact) mass is 263 g/mol. The Kier molecular flexibility index (Phi) is 4.88. The van der Waals surface area contributed by atoms with Crippen molar-refractivity contribution in [3.63, 3.8) is 0 Å². The Balaban J connectivity index is 2.04. The first-order valence-electron chi connectivity index (χ1n) is 7.38. The second-order valence-electron chi connectivity index (χ2n) is 5.30. The van der Waals surface area contributed by atoms with Crippen LogP contribution in [-0.2, 0) is 0 Å². The Labute approximate surface area is 116 Å². The van der Waals surface area contributed by atoms with Gasteiger partial charge in [-0.1, -0.05) is 20.3 Å². The van der Waals surface area contributed by atoms with E-state index in [9.17, 15) is 0 Å². The molecule has 1 aromatic rings. The maximum atomic E-state index is 5.90.